The molecule has 3 rings (SSSR count). The number of hydrogen-bond acceptors (Lipinski definition) is 6. The van der Waals surface area contributed by atoms with E-state index < -0.39 is 5.97 Å². The van der Waals surface area contributed by atoms with E-state index in [1.165, 1.54) is 6.07 Å². The fourth-order valence-electron chi connectivity index (χ4n) is 2.98. The van der Waals surface area contributed by atoms with Crippen LogP contribution < -0.4 is 10.6 Å². The quantitative estimate of drug-likeness (QED) is 0.165. The lowest BCUT2D eigenvalue weighted by Crippen LogP contribution is -2.38. The van der Waals surface area contributed by atoms with Crippen LogP contribution in [-0.2, 0) is 4.74 Å². The first-order valence-electron chi connectivity index (χ1n) is 8.45. The number of aryl methyl sites for hydroxylation is 1. The fraction of sp³-hybridized carbons (Fsp3) is 0.353. The molecule has 0 bridgehead atoms. The number of ether oxygens (including phenoxy) is 1. The predicted octanol–water partition coefficient (Wildman–Crippen LogP) is 3.60. The molecule has 28 heavy (non-hydrogen) atoms. The number of rotatable bonds is 4. The number of aromatic nitrogens is 2. The van der Waals surface area contributed by atoms with E-state index in [1.54, 1.807) is 13.0 Å². The van der Waals surface area contributed by atoms with Crippen LogP contribution in [0.1, 0.15) is 34.6 Å². The van der Waals surface area contributed by atoms with Crippen molar-refractivity contribution in [3.05, 3.63) is 44.3 Å². The fourth-order valence-corrected chi connectivity index (χ4v) is 3.59. The third-order valence-corrected chi connectivity index (χ3v) is 5.62. The number of amidine groups is 1. The van der Waals surface area contributed by atoms with Gasteiger partial charge in [0.05, 0.1) is 10.0 Å². The Hall–Kier alpha value is -2.16. The minimum atomic E-state index is -0.534. The summed E-state index contributed by atoms with van der Waals surface area (Å²) < 4.78 is 5.56. The first kappa shape index (κ1) is 20.6. The van der Waals surface area contributed by atoms with Gasteiger partial charge in [-0.1, -0.05) is 40.0 Å². The molecule has 0 radical (unpaired) electrons. The van der Waals surface area contributed by atoms with E-state index in [4.69, 9.17) is 50.5 Å². The van der Waals surface area contributed by atoms with Crippen LogP contribution in [0.15, 0.2) is 17.3 Å². The minimum Gasteiger partial charge on any atom is -0.458 e. The van der Waals surface area contributed by atoms with Crippen LogP contribution in [-0.4, -0.2) is 46.2 Å². The topological polar surface area (TPSA) is 117 Å². The Balaban J connectivity index is 1.64. The summed E-state index contributed by atoms with van der Waals surface area (Å²) in [5, 5.41) is 12.6. The summed E-state index contributed by atoms with van der Waals surface area (Å²) in [6.45, 7) is 2.92. The number of carbonyl (C=O) groups is 1. The molecular formula is C17H18Cl3N5O3. The van der Waals surface area contributed by atoms with Gasteiger partial charge in [0, 0.05) is 37.2 Å². The standard InChI is InChI=1S/C17H18Cl3N5O3/c1-8-13(19)14(20)15(22-8)17(26)28-10-2-4-25(5-3-10)12-7-9(16(21)24-27)6-11(18)23-12/h6-7,10,22,27H,2-5H2,1H3,(H2,21,24). The number of esters is 1. The van der Waals surface area contributed by atoms with E-state index in [9.17, 15) is 4.79 Å². The summed E-state index contributed by atoms with van der Waals surface area (Å²) in [7, 11) is 0. The van der Waals surface area contributed by atoms with Gasteiger partial charge in [-0.15, -0.1) is 0 Å². The summed E-state index contributed by atoms with van der Waals surface area (Å²) in [6, 6.07) is 3.21. The number of aromatic amines is 1. The molecule has 0 unspecified atom stereocenters. The molecule has 0 atom stereocenters. The van der Waals surface area contributed by atoms with Crippen molar-refractivity contribution in [1.82, 2.24) is 9.97 Å². The van der Waals surface area contributed by atoms with E-state index in [-0.39, 0.29) is 27.8 Å². The SMILES string of the molecule is Cc1[nH]c(C(=O)OC2CCN(c3cc(C(N)=NO)cc(Cl)n3)CC2)c(Cl)c1Cl. The van der Waals surface area contributed by atoms with Gasteiger partial charge < -0.3 is 25.6 Å². The van der Waals surface area contributed by atoms with Crippen LogP contribution in [0.4, 0.5) is 5.82 Å². The van der Waals surface area contributed by atoms with Crippen molar-refractivity contribution in [2.24, 2.45) is 10.9 Å². The van der Waals surface area contributed by atoms with Crippen LogP contribution in [0, 0.1) is 6.92 Å². The normalized spacial score (nSPS) is 15.7. The number of oxime groups is 1. The minimum absolute atomic E-state index is 0.0499. The van der Waals surface area contributed by atoms with Gasteiger partial charge in [0.1, 0.15) is 22.8 Å². The third kappa shape index (κ3) is 4.29. The summed E-state index contributed by atoms with van der Waals surface area (Å²) in [5.41, 5.74) is 6.88. The molecule has 0 aliphatic carbocycles. The maximum atomic E-state index is 12.4. The number of nitrogens with zero attached hydrogens (tertiary/aromatic N) is 3. The van der Waals surface area contributed by atoms with Gasteiger partial charge >= 0.3 is 5.97 Å². The number of nitrogens with one attached hydrogen (secondary N) is 1. The second kappa shape index (κ2) is 8.46. The smallest absolute Gasteiger partial charge is 0.356 e. The van der Waals surface area contributed by atoms with Gasteiger partial charge in [0.25, 0.3) is 0 Å². The Labute approximate surface area is 176 Å². The first-order chi connectivity index (χ1) is 13.3. The molecule has 1 aliphatic rings. The summed E-state index contributed by atoms with van der Waals surface area (Å²) >= 11 is 18.1. The first-order valence-corrected chi connectivity index (χ1v) is 9.58. The zero-order chi connectivity index (χ0) is 20.4. The molecule has 8 nitrogen and oxygen atoms in total. The Morgan fingerprint density at radius 1 is 1.32 bits per heavy atom. The third-order valence-electron chi connectivity index (χ3n) is 4.48. The molecule has 0 amide bonds. The van der Waals surface area contributed by atoms with Crippen LogP contribution >= 0.6 is 34.8 Å². The van der Waals surface area contributed by atoms with Crippen molar-refractivity contribution < 1.29 is 14.7 Å². The molecule has 0 aromatic carbocycles. The lowest BCUT2D eigenvalue weighted by atomic mass is 10.1. The number of piperidine rings is 1. The zero-order valence-corrected chi connectivity index (χ0v) is 17.1. The molecule has 150 valence electrons. The van der Waals surface area contributed by atoms with Gasteiger partial charge in [0.2, 0.25) is 0 Å². The van der Waals surface area contributed by atoms with Gasteiger partial charge in [-0.25, -0.2) is 9.78 Å². The molecule has 0 saturated carbocycles. The Morgan fingerprint density at radius 2 is 2.00 bits per heavy atom. The van der Waals surface area contributed by atoms with Crippen molar-refractivity contribution >= 4 is 52.4 Å². The Bertz CT molecular complexity index is 923. The van der Waals surface area contributed by atoms with Crippen molar-refractivity contribution in [3.8, 4) is 0 Å². The maximum Gasteiger partial charge on any atom is 0.356 e. The average molecular weight is 447 g/mol. The molecule has 11 heteroatoms. The summed E-state index contributed by atoms with van der Waals surface area (Å²) in [6.07, 6.45) is 0.943. The predicted molar refractivity (Wildman–Crippen MR) is 108 cm³/mol. The van der Waals surface area contributed by atoms with Crippen molar-refractivity contribution in [2.45, 2.75) is 25.9 Å². The number of pyridine rings is 1. The zero-order valence-electron chi connectivity index (χ0n) is 14.9. The van der Waals surface area contributed by atoms with Gasteiger partial charge in [0.15, 0.2) is 5.84 Å². The summed E-state index contributed by atoms with van der Waals surface area (Å²) in [5.74, 6) is 0.0217. The van der Waals surface area contributed by atoms with Gasteiger partial charge in [-0.2, -0.15) is 0 Å². The van der Waals surface area contributed by atoms with E-state index in [0.717, 1.165) is 0 Å². The number of H-pyrrole nitrogens is 1. The van der Waals surface area contributed by atoms with E-state index in [0.29, 0.717) is 48.0 Å². The summed E-state index contributed by atoms with van der Waals surface area (Å²) in [4.78, 5) is 21.5. The van der Waals surface area contributed by atoms with Gasteiger partial charge in [-0.05, 0) is 19.1 Å². The van der Waals surface area contributed by atoms with Crippen LogP contribution in [0.25, 0.3) is 0 Å². The Morgan fingerprint density at radius 3 is 2.57 bits per heavy atom. The molecule has 1 fully saturated rings. The van der Waals surface area contributed by atoms with E-state index in [1.807, 2.05) is 4.90 Å². The molecule has 2 aromatic rings. The second-order valence-electron chi connectivity index (χ2n) is 6.37. The molecule has 0 spiro atoms. The van der Waals surface area contributed by atoms with Gasteiger partial charge in [-0.3, -0.25) is 0 Å². The number of hydrogen-bond donors (Lipinski definition) is 3. The molecular weight excluding hydrogens is 429 g/mol. The highest BCUT2D eigenvalue weighted by Gasteiger charge is 2.26. The monoisotopic (exact) mass is 445 g/mol. The number of halogens is 3. The lowest BCUT2D eigenvalue weighted by molar-refractivity contribution is 0.0239. The lowest BCUT2D eigenvalue weighted by Gasteiger charge is -2.32. The Kier molecular flexibility index (Phi) is 6.22. The number of carbonyl (C=O) groups excluding carboxylic acids is 1. The highest BCUT2D eigenvalue weighted by molar-refractivity contribution is 6.44. The van der Waals surface area contributed by atoms with Crippen LogP contribution in [0.5, 0.6) is 0 Å². The molecule has 1 aliphatic heterocycles. The largest absolute Gasteiger partial charge is 0.458 e. The highest BCUT2D eigenvalue weighted by atomic mass is 35.5. The number of anilines is 1. The molecule has 1 saturated heterocycles. The van der Waals surface area contributed by atoms with Crippen molar-refractivity contribution in [1.29, 1.82) is 0 Å². The van der Waals surface area contributed by atoms with Crippen molar-refractivity contribution in [2.75, 3.05) is 18.0 Å². The average Bonchev–Trinajstić information content (AvgIpc) is 2.95. The second-order valence-corrected chi connectivity index (χ2v) is 7.51. The van der Waals surface area contributed by atoms with Crippen LogP contribution in [0.3, 0.4) is 0 Å². The van der Waals surface area contributed by atoms with E-state index in [2.05, 4.69) is 15.1 Å². The number of nitrogens with two attached hydrogens (primary N) is 1. The molecule has 4 N–H and O–H groups in total. The van der Waals surface area contributed by atoms with Crippen molar-refractivity contribution in [3.63, 3.8) is 0 Å². The molecule has 3 heterocycles. The molecule has 2 aromatic heterocycles. The maximum absolute atomic E-state index is 12.4. The van der Waals surface area contributed by atoms with Crippen LogP contribution in [0.2, 0.25) is 15.2 Å². The van der Waals surface area contributed by atoms with E-state index >= 15 is 0 Å². The highest BCUT2D eigenvalue weighted by Crippen LogP contribution is 2.30.